The number of rotatable bonds is 6. The number of nitrogens with zero attached hydrogens (tertiary/aromatic N) is 1. The van der Waals surface area contributed by atoms with E-state index in [0.29, 0.717) is 11.3 Å². The number of hydrazine groups is 1. The minimum Gasteiger partial charge on any atom is -0.382 e. The van der Waals surface area contributed by atoms with Gasteiger partial charge in [0.25, 0.3) is 0 Å². The largest absolute Gasteiger partial charge is 0.382 e. The van der Waals surface area contributed by atoms with E-state index < -0.39 is 5.83 Å². The molecule has 0 aliphatic heterocycles. The van der Waals surface area contributed by atoms with E-state index in [1.54, 1.807) is 24.3 Å². The van der Waals surface area contributed by atoms with E-state index in [1.165, 1.54) is 12.2 Å². The predicted molar refractivity (Wildman–Crippen MR) is 76.6 cm³/mol. The van der Waals surface area contributed by atoms with Crippen molar-refractivity contribution in [3.8, 4) is 0 Å². The lowest BCUT2D eigenvalue weighted by molar-refractivity contribution is 0.657. The lowest BCUT2D eigenvalue weighted by Crippen LogP contribution is -2.23. The fraction of sp³-hybridized carbons (Fsp3) is 0. The Balaban J connectivity index is 3.14. The maximum atomic E-state index is 13.3. The first kappa shape index (κ1) is 14.5. The van der Waals surface area contributed by atoms with Crippen LogP contribution in [0.15, 0.2) is 66.2 Å². The molecule has 0 aliphatic rings. The molecular weight excluding hydrogens is 245 g/mol. The summed E-state index contributed by atoms with van der Waals surface area (Å²) in [7, 11) is 0. The average molecular weight is 261 g/mol. The number of halogens is 1. The van der Waals surface area contributed by atoms with Crippen molar-refractivity contribution in [3.63, 3.8) is 0 Å². The highest BCUT2D eigenvalue weighted by molar-refractivity contribution is 6.02. The van der Waals surface area contributed by atoms with E-state index in [1.807, 2.05) is 0 Å². The van der Waals surface area contributed by atoms with Gasteiger partial charge in [-0.15, -0.1) is 5.10 Å². The number of nitrogens with one attached hydrogen (secondary N) is 2. The van der Waals surface area contributed by atoms with E-state index >= 15 is 0 Å². The van der Waals surface area contributed by atoms with Gasteiger partial charge in [0.2, 0.25) is 0 Å². The first-order chi connectivity index (χ1) is 9.10. The quantitative estimate of drug-likeness (QED) is 0.206. The molecule has 100 valence electrons. The Hall–Kier alpha value is -2.60. The molecule has 0 bridgehead atoms. The van der Waals surface area contributed by atoms with Gasteiger partial charge in [0, 0.05) is 11.3 Å². The van der Waals surface area contributed by atoms with Crippen LogP contribution >= 0.6 is 0 Å². The molecule has 5 nitrogen and oxygen atoms in total. The fourth-order valence-electron chi connectivity index (χ4n) is 1.41. The Morgan fingerprint density at radius 2 is 2.05 bits per heavy atom. The normalized spacial score (nSPS) is 11.9. The first-order valence-corrected chi connectivity index (χ1v) is 5.42. The van der Waals surface area contributed by atoms with Crippen LogP contribution in [-0.2, 0) is 0 Å². The molecule has 0 unspecified atom stereocenters. The Morgan fingerprint density at radius 1 is 1.37 bits per heavy atom. The Morgan fingerprint density at radius 3 is 2.63 bits per heavy atom. The minimum atomic E-state index is -0.609. The molecule has 1 aromatic rings. The molecule has 6 N–H and O–H groups in total. The zero-order valence-corrected chi connectivity index (χ0v) is 10.4. The molecule has 0 aromatic heterocycles. The molecule has 6 heteroatoms. The lowest BCUT2D eigenvalue weighted by atomic mass is 10.1. The van der Waals surface area contributed by atoms with Crippen LogP contribution in [0.2, 0.25) is 0 Å². The number of nitrogens with two attached hydrogens (primary N) is 2. The molecule has 0 radical (unpaired) electrons. The second kappa shape index (κ2) is 6.97. The standard InChI is InChI=1S/C13H16FN5/c1-3-6-11(9(2)14)17-12-8-5-4-7-10(12)13(15)18-19-16/h3-8,17,19H,1-2,16H2,(H2,15,18)/b11-6+. The third kappa shape index (κ3) is 3.97. The van der Waals surface area contributed by atoms with Crippen LogP contribution in [0, 0.1) is 0 Å². The van der Waals surface area contributed by atoms with Crippen molar-refractivity contribution < 1.29 is 4.39 Å². The van der Waals surface area contributed by atoms with Crippen LogP contribution in [-0.4, -0.2) is 5.84 Å². The van der Waals surface area contributed by atoms with Gasteiger partial charge in [0.05, 0.1) is 5.70 Å². The summed E-state index contributed by atoms with van der Waals surface area (Å²) in [6.45, 7) is 6.75. The molecule has 1 rings (SSSR count). The molecule has 0 spiro atoms. The maximum absolute atomic E-state index is 13.3. The number of hydrogen-bond acceptors (Lipinski definition) is 4. The number of benzene rings is 1. The lowest BCUT2D eigenvalue weighted by Gasteiger charge is -2.12. The van der Waals surface area contributed by atoms with Gasteiger partial charge in [-0.05, 0) is 18.2 Å². The molecule has 0 atom stereocenters. The van der Waals surface area contributed by atoms with Gasteiger partial charge < -0.3 is 11.1 Å². The Bertz CT molecular complexity index is 534. The summed E-state index contributed by atoms with van der Waals surface area (Å²) in [6, 6.07) is 7.02. The van der Waals surface area contributed by atoms with E-state index in [0.717, 1.165) is 0 Å². The SMILES string of the molecule is C=C/C=C(/Nc1ccccc1/C(N)=N/NN)C(=C)F. The summed E-state index contributed by atoms with van der Waals surface area (Å²) in [5.74, 6) is 4.64. The summed E-state index contributed by atoms with van der Waals surface area (Å²) in [5, 5.41) is 6.55. The number of hydrazone groups is 1. The fourth-order valence-corrected chi connectivity index (χ4v) is 1.41. The third-order valence-corrected chi connectivity index (χ3v) is 2.23. The van der Waals surface area contributed by atoms with Crippen molar-refractivity contribution in [2.75, 3.05) is 5.32 Å². The van der Waals surface area contributed by atoms with Crippen molar-refractivity contribution in [1.82, 2.24) is 5.53 Å². The topological polar surface area (TPSA) is 88.5 Å². The van der Waals surface area contributed by atoms with Crippen LogP contribution in [0.3, 0.4) is 0 Å². The van der Waals surface area contributed by atoms with Crippen LogP contribution in [0.5, 0.6) is 0 Å². The number of allylic oxidation sites excluding steroid dienone is 3. The van der Waals surface area contributed by atoms with Gasteiger partial charge in [-0.25, -0.2) is 15.8 Å². The van der Waals surface area contributed by atoms with Crippen LogP contribution in [0.4, 0.5) is 10.1 Å². The smallest absolute Gasteiger partial charge is 0.154 e. The minimum absolute atomic E-state index is 0.174. The molecule has 1 aromatic carbocycles. The predicted octanol–water partition coefficient (Wildman–Crippen LogP) is 1.74. The van der Waals surface area contributed by atoms with Crippen LogP contribution in [0.1, 0.15) is 5.56 Å². The number of anilines is 1. The molecule has 0 heterocycles. The van der Waals surface area contributed by atoms with Crippen molar-refractivity contribution >= 4 is 11.5 Å². The first-order valence-electron chi connectivity index (χ1n) is 5.42. The zero-order valence-electron chi connectivity index (χ0n) is 10.4. The molecule has 0 saturated carbocycles. The van der Waals surface area contributed by atoms with Gasteiger partial charge in [0.15, 0.2) is 5.84 Å². The Kier molecular flexibility index (Phi) is 5.31. The third-order valence-electron chi connectivity index (χ3n) is 2.23. The summed E-state index contributed by atoms with van der Waals surface area (Å²) < 4.78 is 13.3. The Labute approximate surface area is 111 Å². The monoisotopic (exact) mass is 261 g/mol. The van der Waals surface area contributed by atoms with Gasteiger partial charge in [-0.1, -0.05) is 31.4 Å². The number of para-hydroxylation sites is 1. The van der Waals surface area contributed by atoms with Gasteiger partial charge in [0.1, 0.15) is 5.83 Å². The molecule has 0 amide bonds. The summed E-state index contributed by atoms with van der Waals surface area (Å²) >= 11 is 0. The summed E-state index contributed by atoms with van der Waals surface area (Å²) in [4.78, 5) is 0. The van der Waals surface area contributed by atoms with Gasteiger partial charge in [-0.2, -0.15) is 0 Å². The van der Waals surface area contributed by atoms with Crippen molar-refractivity contribution in [2.24, 2.45) is 16.7 Å². The molecule has 0 fully saturated rings. The highest BCUT2D eigenvalue weighted by Gasteiger charge is 2.08. The van der Waals surface area contributed by atoms with E-state index in [-0.39, 0.29) is 11.5 Å². The number of amidine groups is 1. The van der Waals surface area contributed by atoms with E-state index in [4.69, 9.17) is 11.6 Å². The van der Waals surface area contributed by atoms with Crippen molar-refractivity contribution in [2.45, 2.75) is 0 Å². The second-order valence-corrected chi connectivity index (χ2v) is 3.52. The van der Waals surface area contributed by atoms with Crippen LogP contribution < -0.4 is 22.4 Å². The van der Waals surface area contributed by atoms with Crippen molar-refractivity contribution in [1.29, 1.82) is 0 Å². The molecule has 0 aliphatic carbocycles. The van der Waals surface area contributed by atoms with Crippen LogP contribution in [0.25, 0.3) is 0 Å². The molecular formula is C13H16FN5. The average Bonchev–Trinajstić information content (AvgIpc) is 2.39. The molecule has 0 saturated heterocycles. The highest BCUT2D eigenvalue weighted by atomic mass is 19.1. The summed E-state index contributed by atoms with van der Waals surface area (Å²) in [5.41, 5.74) is 9.20. The summed E-state index contributed by atoms with van der Waals surface area (Å²) in [6.07, 6.45) is 2.92. The second-order valence-electron chi connectivity index (χ2n) is 3.52. The maximum Gasteiger partial charge on any atom is 0.154 e. The zero-order chi connectivity index (χ0) is 14.3. The highest BCUT2D eigenvalue weighted by Crippen LogP contribution is 2.20. The number of hydrogen-bond donors (Lipinski definition) is 4. The van der Waals surface area contributed by atoms with Crippen molar-refractivity contribution in [3.05, 3.63) is 66.7 Å². The van der Waals surface area contributed by atoms with Gasteiger partial charge in [-0.3, -0.25) is 0 Å². The van der Waals surface area contributed by atoms with E-state index in [9.17, 15) is 4.39 Å². The molecule has 19 heavy (non-hydrogen) atoms. The van der Waals surface area contributed by atoms with E-state index in [2.05, 4.69) is 29.1 Å². The van der Waals surface area contributed by atoms with Gasteiger partial charge >= 0.3 is 0 Å².